The minimum absolute atomic E-state index is 0. The van der Waals surface area contributed by atoms with Gasteiger partial charge in [-0.3, -0.25) is 9.89 Å². The maximum atomic E-state index is 5.75. The van der Waals surface area contributed by atoms with Gasteiger partial charge in [0.25, 0.3) is 0 Å². The molecule has 1 atom stereocenters. The molecule has 0 amide bonds. The first-order chi connectivity index (χ1) is 15.3. The van der Waals surface area contributed by atoms with Crippen LogP contribution in [-0.2, 0) is 22.6 Å². The van der Waals surface area contributed by atoms with E-state index >= 15 is 0 Å². The molecule has 8 heteroatoms. The van der Waals surface area contributed by atoms with Crippen LogP contribution in [0.3, 0.4) is 0 Å². The molecule has 2 aliphatic rings. The normalized spacial score (nSPS) is 20.2. The van der Waals surface area contributed by atoms with E-state index in [1.165, 1.54) is 37.3 Å². The number of guanidine groups is 1. The van der Waals surface area contributed by atoms with Crippen molar-refractivity contribution in [2.45, 2.75) is 32.9 Å². The van der Waals surface area contributed by atoms with Crippen LogP contribution >= 0.6 is 24.0 Å². The summed E-state index contributed by atoms with van der Waals surface area (Å²) in [5, 5.41) is 6.76. The third-order valence-electron chi connectivity index (χ3n) is 6.16. The predicted molar refractivity (Wildman–Crippen MR) is 142 cm³/mol. The van der Waals surface area contributed by atoms with E-state index < -0.39 is 0 Å². The topological polar surface area (TPSA) is 61.4 Å². The first-order valence-corrected chi connectivity index (χ1v) is 11.9. The molecule has 0 radical (unpaired) electrons. The molecule has 0 spiro atoms. The third kappa shape index (κ3) is 9.91. The van der Waals surface area contributed by atoms with E-state index in [-0.39, 0.29) is 24.0 Å². The molecule has 0 bridgehead atoms. The Kier molecular flexibility index (Phi) is 13.5. The van der Waals surface area contributed by atoms with Gasteiger partial charge in [-0.2, -0.15) is 0 Å². The fourth-order valence-electron chi connectivity index (χ4n) is 4.04. The number of nitrogens with zero attached hydrogens (tertiary/aromatic N) is 3. The average Bonchev–Trinajstić information content (AvgIpc) is 3.33. The number of hydrogen-bond acceptors (Lipinski definition) is 5. The van der Waals surface area contributed by atoms with Crippen LogP contribution in [0.5, 0.6) is 0 Å². The van der Waals surface area contributed by atoms with Gasteiger partial charge >= 0.3 is 0 Å². The quantitative estimate of drug-likeness (QED) is 0.188. The van der Waals surface area contributed by atoms with Crippen molar-refractivity contribution >= 4 is 29.9 Å². The standard InChI is InChI=1S/C24H41N5O2.HI/c1-3-28-11-13-29(14-12-28)18-22-7-5-21(6-8-22)17-27-24(25-2)26-10-4-15-30-19-23-9-16-31-20-23;/h5-8,23H,3-4,9-20H2,1-2H3,(H2,25,26,27);1H. The van der Waals surface area contributed by atoms with E-state index in [2.05, 4.69) is 56.6 Å². The van der Waals surface area contributed by atoms with Crippen LogP contribution in [0.2, 0.25) is 0 Å². The second kappa shape index (κ2) is 15.8. The van der Waals surface area contributed by atoms with Crippen molar-refractivity contribution < 1.29 is 9.47 Å². The maximum Gasteiger partial charge on any atom is 0.191 e. The largest absolute Gasteiger partial charge is 0.381 e. The second-order valence-corrected chi connectivity index (χ2v) is 8.54. The number of likely N-dealkylation sites (N-methyl/N-ethyl adjacent to an activating group) is 1. The van der Waals surface area contributed by atoms with Crippen LogP contribution in [0.4, 0.5) is 0 Å². The lowest BCUT2D eigenvalue weighted by atomic mass is 10.1. The Bertz CT molecular complexity index is 644. The van der Waals surface area contributed by atoms with Gasteiger partial charge in [-0.1, -0.05) is 31.2 Å². The summed E-state index contributed by atoms with van der Waals surface area (Å²) in [6.07, 6.45) is 2.10. The lowest BCUT2D eigenvalue weighted by molar-refractivity contribution is 0.0888. The zero-order valence-electron chi connectivity index (χ0n) is 19.9. The van der Waals surface area contributed by atoms with Crippen LogP contribution in [-0.4, -0.2) is 88.5 Å². The fraction of sp³-hybridized carbons (Fsp3) is 0.708. The second-order valence-electron chi connectivity index (χ2n) is 8.54. The van der Waals surface area contributed by atoms with Crippen molar-refractivity contribution in [1.82, 2.24) is 20.4 Å². The number of ether oxygens (including phenoxy) is 2. The lowest BCUT2D eigenvalue weighted by Gasteiger charge is -2.34. The summed E-state index contributed by atoms with van der Waals surface area (Å²) >= 11 is 0. The zero-order valence-corrected chi connectivity index (χ0v) is 22.2. The first kappa shape index (κ1) is 27.3. The van der Waals surface area contributed by atoms with Crippen LogP contribution in [0.1, 0.15) is 30.9 Å². The number of nitrogens with one attached hydrogen (secondary N) is 2. The smallest absolute Gasteiger partial charge is 0.191 e. The summed E-state index contributed by atoms with van der Waals surface area (Å²) in [6.45, 7) is 14.1. The van der Waals surface area contributed by atoms with Gasteiger partial charge in [-0.05, 0) is 30.5 Å². The molecule has 2 heterocycles. The lowest BCUT2D eigenvalue weighted by Crippen LogP contribution is -2.45. The van der Waals surface area contributed by atoms with Gasteiger partial charge in [0, 0.05) is 72.0 Å². The molecule has 1 aromatic carbocycles. The van der Waals surface area contributed by atoms with Gasteiger partial charge in [0.05, 0.1) is 13.2 Å². The Hall–Kier alpha value is -0.940. The van der Waals surface area contributed by atoms with E-state index in [0.29, 0.717) is 5.92 Å². The van der Waals surface area contributed by atoms with Crippen LogP contribution in [0.15, 0.2) is 29.3 Å². The number of piperazine rings is 1. The Morgan fingerprint density at radius 1 is 1.09 bits per heavy atom. The van der Waals surface area contributed by atoms with E-state index in [1.807, 2.05) is 7.05 Å². The Labute approximate surface area is 211 Å². The molecule has 3 rings (SSSR count). The number of rotatable bonds is 11. The number of aliphatic imine (C=N–C) groups is 1. The highest BCUT2D eigenvalue weighted by Crippen LogP contribution is 2.12. The molecule has 182 valence electrons. The molecule has 2 aliphatic heterocycles. The number of hydrogen-bond donors (Lipinski definition) is 2. The Morgan fingerprint density at radius 3 is 2.47 bits per heavy atom. The molecule has 2 fully saturated rings. The van der Waals surface area contributed by atoms with Crippen LogP contribution in [0.25, 0.3) is 0 Å². The van der Waals surface area contributed by atoms with E-state index in [0.717, 1.165) is 71.4 Å². The summed E-state index contributed by atoms with van der Waals surface area (Å²) in [4.78, 5) is 9.39. The minimum atomic E-state index is 0. The molecule has 32 heavy (non-hydrogen) atoms. The Morgan fingerprint density at radius 2 is 1.81 bits per heavy atom. The van der Waals surface area contributed by atoms with E-state index in [4.69, 9.17) is 9.47 Å². The van der Waals surface area contributed by atoms with E-state index in [1.54, 1.807) is 0 Å². The highest BCUT2D eigenvalue weighted by Gasteiger charge is 2.16. The Balaban J connectivity index is 0.00000363. The van der Waals surface area contributed by atoms with Crippen molar-refractivity contribution in [2.75, 3.05) is 72.7 Å². The summed E-state index contributed by atoms with van der Waals surface area (Å²) in [6, 6.07) is 8.95. The number of benzene rings is 1. The molecule has 0 aliphatic carbocycles. The van der Waals surface area contributed by atoms with Crippen molar-refractivity contribution in [2.24, 2.45) is 10.9 Å². The molecular weight excluding hydrogens is 517 g/mol. The van der Waals surface area contributed by atoms with Crippen molar-refractivity contribution in [3.05, 3.63) is 35.4 Å². The van der Waals surface area contributed by atoms with Gasteiger partial charge in [0.2, 0.25) is 0 Å². The summed E-state index contributed by atoms with van der Waals surface area (Å²) in [5.74, 6) is 1.42. The summed E-state index contributed by atoms with van der Waals surface area (Å²) < 4.78 is 11.1. The van der Waals surface area contributed by atoms with Gasteiger partial charge in [-0.15, -0.1) is 24.0 Å². The minimum Gasteiger partial charge on any atom is -0.381 e. The first-order valence-electron chi connectivity index (χ1n) is 11.9. The molecule has 1 aromatic rings. The molecule has 7 nitrogen and oxygen atoms in total. The fourth-order valence-corrected chi connectivity index (χ4v) is 4.04. The predicted octanol–water partition coefficient (Wildman–Crippen LogP) is 2.55. The van der Waals surface area contributed by atoms with E-state index in [9.17, 15) is 0 Å². The molecule has 2 saturated heterocycles. The maximum absolute atomic E-state index is 5.75. The highest BCUT2D eigenvalue weighted by atomic mass is 127. The monoisotopic (exact) mass is 559 g/mol. The zero-order chi connectivity index (χ0) is 21.7. The van der Waals surface area contributed by atoms with Gasteiger partial charge in [-0.25, -0.2) is 0 Å². The van der Waals surface area contributed by atoms with Crippen molar-refractivity contribution in [1.29, 1.82) is 0 Å². The van der Waals surface area contributed by atoms with Crippen molar-refractivity contribution in [3.63, 3.8) is 0 Å². The molecule has 1 unspecified atom stereocenters. The SMILES string of the molecule is CCN1CCN(Cc2ccc(CNC(=NC)NCCCOCC3CCOC3)cc2)CC1.I. The third-order valence-corrected chi connectivity index (χ3v) is 6.16. The number of halogens is 1. The van der Waals surface area contributed by atoms with Gasteiger partial charge in [0.15, 0.2) is 5.96 Å². The molecule has 0 saturated carbocycles. The molecule has 2 N–H and O–H groups in total. The molecular formula is C24H42IN5O2. The van der Waals surface area contributed by atoms with Crippen molar-refractivity contribution in [3.8, 4) is 0 Å². The van der Waals surface area contributed by atoms with Crippen LogP contribution < -0.4 is 10.6 Å². The van der Waals surface area contributed by atoms with Crippen LogP contribution in [0, 0.1) is 5.92 Å². The highest BCUT2D eigenvalue weighted by molar-refractivity contribution is 14.0. The molecule has 0 aromatic heterocycles. The van der Waals surface area contributed by atoms with Gasteiger partial charge in [0.1, 0.15) is 0 Å². The average molecular weight is 560 g/mol. The van der Waals surface area contributed by atoms with Gasteiger partial charge < -0.3 is 25.0 Å². The summed E-state index contributed by atoms with van der Waals surface area (Å²) in [5.41, 5.74) is 2.66. The summed E-state index contributed by atoms with van der Waals surface area (Å²) in [7, 11) is 1.81.